The molecule has 0 fully saturated rings. The summed E-state index contributed by atoms with van der Waals surface area (Å²) in [7, 11) is 0. The summed E-state index contributed by atoms with van der Waals surface area (Å²) in [5.74, 6) is -1.35. The second kappa shape index (κ2) is 11.5. The Morgan fingerprint density at radius 1 is 1.02 bits per heavy atom. The van der Waals surface area contributed by atoms with Gasteiger partial charge in [-0.1, -0.05) is 6.92 Å². The normalized spacial score (nSPS) is 12.0. The monoisotopic (exact) mass is 593 g/mol. The first-order chi connectivity index (χ1) is 20.8. The predicted octanol–water partition coefficient (Wildman–Crippen LogP) is 5.63. The molecule has 3 aromatic heterocycles. The number of ether oxygens (including phenoxy) is 1. The minimum atomic E-state index is -1.33. The van der Waals surface area contributed by atoms with Gasteiger partial charge in [-0.25, -0.2) is 14.8 Å². The van der Waals surface area contributed by atoms with Gasteiger partial charge in [-0.3, -0.25) is 9.59 Å². The highest BCUT2D eigenvalue weighted by Gasteiger charge is 2.26. The Labute approximate surface area is 250 Å². The second-order valence-corrected chi connectivity index (χ2v) is 10.9. The number of anilines is 2. The van der Waals surface area contributed by atoms with Crippen LogP contribution < -0.4 is 21.1 Å². The van der Waals surface area contributed by atoms with E-state index in [4.69, 9.17) is 10.5 Å². The lowest BCUT2D eigenvalue weighted by Gasteiger charge is -2.17. The molecule has 216 valence electrons. The predicted molar refractivity (Wildman–Crippen MR) is 166 cm³/mol. The number of rotatable bonds is 7. The Morgan fingerprint density at radius 2 is 1.88 bits per heavy atom. The van der Waals surface area contributed by atoms with Gasteiger partial charge in [-0.05, 0) is 77.3 Å². The number of hydrogen-bond donors (Lipinski definition) is 4. The summed E-state index contributed by atoms with van der Waals surface area (Å²) in [5, 5.41) is 19.4. The lowest BCUT2D eigenvalue weighted by atomic mass is 9.93. The Bertz CT molecular complexity index is 1920. The van der Waals surface area contributed by atoms with Crippen molar-refractivity contribution in [2.45, 2.75) is 19.8 Å². The standard InChI is InChI=1S/C32H27N5O5S/c1-2-10-35-31(39)25-6-5-21(27(37-25)32(40)41)22-16-26-24(28-17(8-12-42-26)9-13-43-28)15-23(22)30(38)36-19-3-4-20-18(14-19)7-11-34-29(20)33/h3-7,9,11,13-16H,2,8,10,12H2,1H3,(H2,33,34)(H,35,39)(H,36,38)(H,40,41). The zero-order chi connectivity index (χ0) is 30.1. The van der Waals surface area contributed by atoms with Crippen LogP contribution in [0.15, 0.2) is 66.2 Å². The van der Waals surface area contributed by atoms with Crippen molar-refractivity contribution in [3.8, 4) is 27.3 Å². The molecule has 0 saturated carbocycles. The molecule has 4 heterocycles. The Hall–Kier alpha value is -5.29. The van der Waals surface area contributed by atoms with Crippen molar-refractivity contribution in [3.05, 3.63) is 88.7 Å². The number of pyridine rings is 2. The summed E-state index contributed by atoms with van der Waals surface area (Å²) in [6, 6.07) is 15.5. The number of amides is 2. The van der Waals surface area contributed by atoms with E-state index in [1.807, 2.05) is 18.4 Å². The van der Waals surface area contributed by atoms with Gasteiger partial charge in [0.15, 0.2) is 5.69 Å². The zero-order valence-corrected chi connectivity index (χ0v) is 24.0. The fourth-order valence-electron chi connectivity index (χ4n) is 5.10. The third-order valence-electron chi connectivity index (χ3n) is 7.19. The molecule has 5 aromatic rings. The van der Waals surface area contributed by atoms with Gasteiger partial charge in [0, 0.05) is 57.4 Å². The van der Waals surface area contributed by atoms with Crippen molar-refractivity contribution in [2.24, 2.45) is 0 Å². The van der Waals surface area contributed by atoms with Crippen molar-refractivity contribution >= 4 is 51.4 Å². The van der Waals surface area contributed by atoms with Gasteiger partial charge in [-0.15, -0.1) is 11.3 Å². The number of thiophene rings is 1. The molecule has 2 amide bonds. The number of carbonyl (C=O) groups excluding carboxylic acids is 2. The van der Waals surface area contributed by atoms with Crippen molar-refractivity contribution in [1.29, 1.82) is 0 Å². The maximum Gasteiger partial charge on any atom is 0.355 e. The smallest absolute Gasteiger partial charge is 0.355 e. The maximum absolute atomic E-state index is 14.0. The van der Waals surface area contributed by atoms with E-state index in [9.17, 15) is 19.5 Å². The summed E-state index contributed by atoms with van der Waals surface area (Å²) < 4.78 is 6.10. The molecule has 5 N–H and O–H groups in total. The third kappa shape index (κ3) is 5.38. The van der Waals surface area contributed by atoms with E-state index in [1.54, 1.807) is 53.9 Å². The van der Waals surface area contributed by atoms with Crippen LogP contribution in [0.4, 0.5) is 11.5 Å². The molecule has 0 radical (unpaired) electrons. The summed E-state index contributed by atoms with van der Waals surface area (Å²) in [4.78, 5) is 48.3. The van der Waals surface area contributed by atoms with Gasteiger partial charge >= 0.3 is 5.97 Å². The van der Waals surface area contributed by atoms with Crippen LogP contribution in [0.1, 0.15) is 50.2 Å². The quantitative estimate of drug-likeness (QED) is 0.189. The van der Waals surface area contributed by atoms with Gasteiger partial charge in [0.25, 0.3) is 11.8 Å². The number of carbonyl (C=O) groups is 3. The van der Waals surface area contributed by atoms with Crippen LogP contribution in [0.5, 0.6) is 5.75 Å². The van der Waals surface area contributed by atoms with Gasteiger partial charge in [-0.2, -0.15) is 0 Å². The molecule has 1 aliphatic rings. The molecule has 0 atom stereocenters. The Balaban J connectivity index is 1.49. The molecule has 11 heteroatoms. The Kier molecular flexibility index (Phi) is 7.47. The Morgan fingerprint density at radius 3 is 2.70 bits per heavy atom. The van der Waals surface area contributed by atoms with Crippen LogP contribution in [0.25, 0.3) is 32.3 Å². The SMILES string of the molecule is CCCNC(=O)c1ccc(-c2cc3c(cc2C(=O)Nc2ccc4c(N)nccc4c2)-c2sccc2CCO3)c(C(=O)O)n1. The fraction of sp³-hybridized carbons (Fsp3) is 0.156. The average Bonchev–Trinajstić information content (AvgIpc) is 3.40. The van der Waals surface area contributed by atoms with Crippen LogP contribution in [-0.4, -0.2) is 46.0 Å². The highest BCUT2D eigenvalue weighted by Crippen LogP contribution is 2.43. The molecule has 0 unspecified atom stereocenters. The van der Waals surface area contributed by atoms with E-state index < -0.39 is 17.8 Å². The molecule has 0 aliphatic carbocycles. The molecule has 6 rings (SSSR count). The van der Waals surface area contributed by atoms with Crippen LogP contribution >= 0.6 is 11.3 Å². The number of carboxylic acid groups (broad SMARTS) is 1. The summed E-state index contributed by atoms with van der Waals surface area (Å²) >= 11 is 1.55. The topological polar surface area (TPSA) is 157 Å². The fourth-order valence-corrected chi connectivity index (χ4v) is 6.08. The molecule has 0 bridgehead atoms. The number of benzene rings is 2. The molecule has 0 saturated heterocycles. The number of aromatic carboxylic acids is 1. The molecule has 2 aromatic carbocycles. The minimum Gasteiger partial charge on any atom is -0.493 e. The van der Waals surface area contributed by atoms with Crippen molar-refractivity contribution in [2.75, 3.05) is 24.2 Å². The number of carboxylic acids is 1. The van der Waals surface area contributed by atoms with E-state index in [0.29, 0.717) is 42.4 Å². The van der Waals surface area contributed by atoms with E-state index >= 15 is 0 Å². The number of nitrogens with one attached hydrogen (secondary N) is 2. The van der Waals surface area contributed by atoms with Gasteiger partial charge in [0.05, 0.1) is 6.61 Å². The molecular formula is C32H27N5O5S. The first-order valence-electron chi connectivity index (χ1n) is 13.7. The van der Waals surface area contributed by atoms with Crippen LogP contribution in [-0.2, 0) is 6.42 Å². The van der Waals surface area contributed by atoms with Crippen LogP contribution in [0.3, 0.4) is 0 Å². The van der Waals surface area contributed by atoms with Gasteiger partial charge in [0.2, 0.25) is 0 Å². The molecule has 10 nitrogen and oxygen atoms in total. The van der Waals surface area contributed by atoms with Crippen LogP contribution in [0.2, 0.25) is 0 Å². The van der Waals surface area contributed by atoms with Crippen molar-refractivity contribution in [1.82, 2.24) is 15.3 Å². The minimum absolute atomic E-state index is 0.0280. The number of nitrogen functional groups attached to an aromatic ring is 1. The first kappa shape index (κ1) is 27.9. The van der Waals surface area contributed by atoms with Crippen LogP contribution in [0, 0.1) is 0 Å². The lowest BCUT2D eigenvalue weighted by molar-refractivity contribution is 0.0691. The van der Waals surface area contributed by atoms with E-state index in [0.717, 1.165) is 33.2 Å². The molecule has 43 heavy (non-hydrogen) atoms. The summed E-state index contributed by atoms with van der Waals surface area (Å²) in [6.07, 6.45) is 3.01. The summed E-state index contributed by atoms with van der Waals surface area (Å²) in [6.45, 7) is 2.77. The molecule has 1 aliphatic heterocycles. The van der Waals surface area contributed by atoms with Gasteiger partial charge in [0.1, 0.15) is 17.3 Å². The zero-order valence-electron chi connectivity index (χ0n) is 23.1. The number of fused-ring (bicyclic) bond motifs is 4. The van der Waals surface area contributed by atoms with Crippen molar-refractivity contribution in [3.63, 3.8) is 0 Å². The highest BCUT2D eigenvalue weighted by atomic mass is 32.1. The highest BCUT2D eigenvalue weighted by molar-refractivity contribution is 7.13. The number of aromatic nitrogens is 2. The van der Waals surface area contributed by atoms with E-state index in [1.165, 1.54) is 12.1 Å². The third-order valence-corrected chi connectivity index (χ3v) is 8.18. The molecule has 0 spiro atoms. The van der Waals surface area contributed by atoms with E-state index in [2.05, 4.69) is 20.6 Å². The maximum atomic E-state index is 14.0. The van der Waals surface area contributed by atoms with Gasteiger partial charge < -0.3 is 26.2 Å². The van der Waals surface area contributed by atoms with Crippen molar-refractivity contribution < 1.29 is 24.2 Å². The summed E-state index contributed by atoms with van der Waals surface area (Å²) in [5.41, 5.74) is 8.72. The van der Waals surface area contributed by atoms with E-state index in [-0.39, 0.29) is 22.5 Å². The second-order valence-electron chi connectivity index (χ2n) is 10.0. The first-order valence-corrected chi connectivity index (χ1v) is 14.6. The lowest BCUT2D eigenvalue weighted by Crippen LogP contribution is -2.25. The number of nitrogens with two attached hydrogens (primary N) is 1. The number of hydrogen-bond acceptors (Lipinski definition) is 8. The largest absolute Gasteiger partial charge is 0.493 e. The number of nitrogens with zero attached hydrogens (tertiary/aromatic N) is 2. The molecular weight excluding hydrogens is 566 g/mol. The average molecular weight is 594 g/mol.